The van der Waals surface area contributed by atoms with E-state index in [1.165, 1.54) is 4.88 Å². The molecular formula is C27H29N5O2S. The van der Waals surface area contributed by atoms with Gasteiger partial charge in [0.25, 0.3) is 11.8 Å². The van der Waals surface area contributed by atoms with Crippen molar-refractivity contribution in [2.24, 2.45) is 0 Å². The van der Waals surface area contributed by atoms with Crippen molar-refractivity contribution in [3.63, 3.8) is 0 Å². The van der Waals surface area contributed by atoms with Crippen molar-refractivity contribution in [1.29, 1.82) is 0 Å². The van der Waals surface area contributed by atoms with Crippen molar-refractivity contribution in [3.8, 4) is 10.6 Å². The van der Waals surface area contributed by atoms with Gasteiger partial charge in [-0.1, -0.05) is 12.1 Å². The van der Waals surface area contributed by atoms with Gasteiger partial charge in [-0.25, -0.2) is 9.67 Å². The monoisotopic (exact) mass is 487 g/mol. The van der Waals surface area contributed by atoms with E-state index >= 15 is 0 Å². The van der Waals surface area contributed by atoms with Crippen LogP contribution in [0.1, 0.15) is 63.9 Å². The number of pyridine rings is 1. The summed E-state index contributed by atoms with van der Waals surface area (Å²) in [7, 11) is 1.80. The lowest BCUT2D eigenvalue weighted by Gasteiger charge is -2.19. The number of thiophene rings is 1. The highest BCUT2D eigenvalue weighted by molar-refractivity contribution is 7.15. The largest absolute Gasteiger partial charge is 0.349 e. The van der Waals surface area contributed by atoms with Gasteiger partial charge in [-0.05, 0) is 69.5 Å². The molecule has 8 heteroatoms. The van der Waals surface area contributed by atoms with Gasteiger partial charge in [0.1, 0.15) is 0 Å². The third kappa shape index (κ3) is 4.84. The van der Waals surface area contributed by atoms with Crippen LogP contribution in [0.15, 0.2) is 48.7 Å². The predicted molar refractivity (Wildman–Crippen MR) is 139 cm³/mol. The van der Waals surface area contributed by atoms with E-state index in [4.69, 9.17) is 4.98 Å². The van der Waals surface area contributed by atoms with E-state index in [1.807, 2.05) is 41.1 Å². The second-order valence-corrected chi connectivity index (χ2v) is 10.8. The molecule has 0 spiro atoms. The maximum atomic E-state index is 13.6. The van der Waals surface area contributed by atoms with E-state index in [0.29, 0.717) is 29.4 Å². The molecular weight excluding hydrogens is 458 g/mol. The summed E-state index contributed by atoms with van der Waals surface area (Å²) in [5.74, 6) is -0.132. The molecule has 0 atom stereocenters. The third-order valence-corrected chi connectivity index (χ3v) is 7.20. The number of fused-ring (bicyclic) bond motifs is 1. The minimum absolute atomic E-state index is 0.0406. The van der Waals surface area contributed by atoms with Crippen LogP contribution in [0.5, 0.6) is 0 Å². The van der Waals surface area contributed by atoms with Crippen molar-refractivity contribution in [2.45, 2.75) is 52.2 Å². The fraction of sp³-hybridized carbons (Fsp3) is 0.333. The van der Waals surface area contributed by atoms with Gasteiger partial charge >= 0.3 is 0 Å². The summed E-state index contributed by atoms with van der Waals surface area (Å²) in [6.45, 7) is 6.60. The first-order chi connectivity index (χ1) is 16.8. The second kappa shape index (κ2) is 9.26. The summed E-state index contributed by atoms with van der Waals surface area (Å²) < 4.78 is 1.86. The van der Waals surface area contributed by atoms with Gasteiger partial charge in [0, 0.05) is 36.1 Å². The summed E-state index contributed by atoms with van der Waals surface area (Å²) in [5, 5.41) is 8.27. The zero-order valence-electron chi connectivity index (χ0n) is 20.4. The summed E-state index contributed by atoms with van der Waals surface area (Å²) in [6, 6.07) is 13.9. The Balaban J connectivity index is 1.42. The number of carbonyl (C=O) groups excluding carboxylic acids is 2. The van der Waals surface area contributed by atoms with Crippen LogP contribution in [0.2, 0.25) is 0 Å². The minimum atomic E-state index is -0.0919. The molecule has 1 aliphatic carbocycles. The third-order valence-electron chi connectivity index (χ3n) is 6.17. The van der Waals surface area contributed by atoms with Crippen LogP contribution in [-0.2, 0) is 6.54 Å². The first-order valence-electron chi connectivity index (χ1n) is 11.9. The highest BCUT2D eigenvalue weighted by Crippen LogP contribution is 2.31. The number of rotatable bonds is 7. The van der Waals surface area contributed by atoms with E-state index in [9.17, 15) is 9.59 Å². The predicted octanol–water partition coefficient (Wildman–Crippen LogP) is 5.21. The summed E-state index contributed by atoms with van der Waals surface area (Å²) >= 11 is 1.66. The topological polar surface area (TPSA) is 80.1 Å². The molecule has 1 aromatic carbocycles. The number of amides is 2. The van der Waals surface area contributed by atoms with Crippen LogP contribution < -0.4 is 5.32 Å². The Labute approximate surface area is 208 Å². The van der Waals surface area contributed by atoms with Crippen LogP contribution >= 0.6 is 11.3 Å². The SMILES string of the molecule is Cc1ccc(-c2cc(C(=O)N(C)Cc3ccc(C(=O)NC4CC4)cc3)c3cnn(C(C)C)c3n2)s1. The Morgan fingerprint density at radius 3 is 2.54 bits per heavy atom. The molecule has 1 fully saturated rings. The van der Waals surface area contributed by atoms with Crippen LogP contribution in [0.25, 0.3) is 21.6 Å². The van der Waals surface area contributed by atoms with Crippen LogP contribution in [0.3, 0.4) is 0 Å². The van der Waals surface area contributed by atoms with E-state index in [1.54, 1.807) is 29.5 Å². The van der Waals surface area contributed by atoms with Gasteiger partial charge in [0.15, 0.2) is 5.65 Å². The smallest absolute Gasteiger partial charge is 0.254 e. The van der Waals surface area contributed by atoms with E-state index in [-0.39, 0.29) is 17.9 Å². The van der Waals surface area contributed by atoms with Gasteiger partial charge in [0.05, 0.1) is 27.7 Å². The Kier molecular flexibility index (Phi) is 6.15. The zero-order valence-corrected chi connectivity index (χ0v) is 21.2. The number of aryl methyl sites for hydroxylation is 1. The molecule has 0 saturated heterocycles. The lowest BCUT2D eigenvalue weighted by atomic mass is 10.1. The average Bonchev–Trinajstić information content (AvgIpc) is 3.36. The number of hydrogen-bond donors (Lipinski definition) is 1. The number of nitrogens with zero attached hydrogens (tertiary/aromatic N) is 4. The first-order valence-corrected chi connectivity index (χ1v) is 12.7. The van der Waals surface area contributed by atoms with Gasteiger partial charge in [0.2, 0.25) is 0 Å². The maximum Gasteiger partial charge on any atom is 0.254 e. The minimum Gasteiger partial charge on any atom is -0.349 e. The highest BCUT2D eigenvalue weighted by atomic mass is 32.1. The fourth-order valence-electron chi connectivity index (χ4n) is 4.08. The molecule has 1 saturated carbocycles. The molecule has 0 radical (unpaired) electrons. The number of hydrogen-bond acceptors (Lipinski definition) is 5. The molecule has 3 heterocycles. The average molecular weight is 488 g/mol. The Hall–Kier alpha value is -3.52. The number of benzene rings is 1. The summed E-state index contributed by atoms with van der Waals surface area (Å²) in [4.78, 5) is 34.7. The molecule has 180 valence electrons. The first kappa shape index (κ1) is 23.2. The Morgan fingerprint density at radius 2 is 1.91 bits per heavy atom. The molecule has 35 heavy (non-hydrogen) atoms. The number of aromatic nitrogens is 3. The van der Waals surface area contributed by atoms with Crippen LogP contribution in [0, 0.1) is 6.92 Å². The quantitative estimate of drug-likeness (QED) is 0.388. The molecule has 3 aromatic heterocycles. The highest BCUT2D eigenvalue weighted by Gasteiger charge is 2.24. The van der Waals surface area contributed by atoms with E-state index in [0.717, 1.165) is 34.4 Å². The van der Waals surface area contributed by atoms with Crippen LogP contribution in [-0.4, -0.2) is 44.6 Å². The second-order valence-electron chi connectivity index (χ2n) is 9.49. The summed E-state index contributed by atoms with van der Waals surface area (Å²) in [6.07, 6.45) is 3.85. The van der Waals surface area contributed by atoms with Gasteiger partial charge in [-0.15, -0.1) is 11.3 Å². The molecule has 1 N–H and O–H groups in total. The Morgan fingerprint density at radius 1 is 1.17 bits per heavy atom. The van der Waals surface area contributed by atoms with E-state index in [2.05, 4.69) is 37.3 Å². The zero-order chi connectivity index (χ0) is 24.7. The Bertz CT molecular complexity index is 1400. The van der Waals surface area contributed by atoms with Crippen molar-refractivity contribution in [1.82, 2.24) is 25.0 Å². The van der Waals surface area contributed by atoms with Crippen molar-refractivity contribution < 1.29 is 9.59 Å². The van der Waals surface area contributed by atoms with Crippen molar-refractivity contribution in [3.05, 3.63) is 70.2 Å². The van der Waals surface area contributed by atoms with Gasteiger partial charge in [-0.3, -0.25) is 9.59 Å². The van der Waals surface area contributed by atoms with Crippen LogP contribution in [0.4, 0.5) is 0 Å². The number of nitrogens with one attached hydrogen (secondary N) is 1. The van der Waals surface area contributed by atoms with Gasteiger partial charge in [-0.2, -0.15) is 5.10 Å². The maximum absolute atomic E-state index is 13.6. The van der Waals surface area contributed by atoms with Gasteiger partial charge < -0.3 is 10.2 Å². The lowest BCUT2D eigenvalue weighted by molar-refractivity contribution is 0.0786. The molecule has 0 unspecified atom stereocenters. The molecule has 0 aliphatic heterocycles. The molecule has 5 rings (SSSR count). The normalized spacial score (nSPS) is 13.4. The standard InChI is InChI=1S/C27H29N5O2S/c1-16(2)32-25-22(14-28-32)21(13-23(30-25)24-12-5-17(3)35-24)27(34)31(4)15-18-6-8-19(9-7-18)26(33)29-20-10-11-20/h5-9,12-14,16,20H,10-11,15H2,1-4H3,(H,29,33). The van der Waals surface area contributed by atoms with Crippen molar-refractivity contribution in [2.75, 3.05) is 7.05 Å². The molecule has 0 bridgehead atoms. The molecule has 2 amide bonds. The molecule has 4 aromatic rings. The fourth-order valence-corrected chi connectivity index (χ4v) is 4.91. The summed E-state index contributed by atoms with van der Waals surface area (Å²) in [5.41, 5.74) is 3.68. The number of carbonyl (C=O) groups is 2. The molecule has 1 aliphatic rings. The molecule has 7 nitrogen and oxygen atoms in total. The lowest BCUT2D eigenvalue weighted by Crippen LogP contribution is -2.27. The van der Waals surface area contributed by atoms with E-state index < -0.39 is 0 Å². The van der Waals surface area contributed by atoms with Crippen molar-refractivity contribution >= 4 is 34.2 Å².